The predicted octanol–water partition coefficient (Wildman–Crippen LogP) is 3.08. The van der Waals surface area contributed by atoms with E-state index in [1.54, 1.807) is 7.11 Å². The van der Waals surface area contributed by atoms with E-state index >= 15 is 0 Å². The summed E-state index contributed by atoms with van der Waals surface area (Å²) in [5.74, 6) is 0. The SMILES string of the molecule is COCc1ccc(C2(O)CC3COCC(C2)N3Cc2ccccc2)cc1. The van der Waals surface area contributed by atoms with Crippen molar-refractivity contribution in [1.29, 1.82) is 0 Å². The molecule has 0 saturated carbocycles. The van der Waals surface area contributed by atoms with Gasteiger partial charge in [-0.25, -0.2) is 0 Å². The van der Waals surface area contributed by atoms with E-state index in [1.165, 1.54) is 5.56 Å². The monoisotopic (exact) mass is 353 g/mol. The maximum atomic E-state index is 11.4. The molecule has 138 valence electrons. The molecule has 0 aliphatic carbocycles. The molecule has 2 atom stereocenters. The van der Waals surface area contributed by atoms with Crippen LogP contribution in [0.2, 0.25) is 0 Å². The minimum Gasteiger partial charge on any atom is -0.385 e. The van der Waals surface area contributed by atoms with E-state index in [9.17, 15) is 5.11 Å². The van der Waals surface area contributed by atoms with Crippen molar-refractivity contribution in [3.63, 3.8) is 0 Å². The van der Waals surface area contributed by atoms with Crippen LogP contribution in [0.4, 0.5) is 0 Å². The summed E-state index contributed by atoms with van der Waals surface area (Å²) in [4.78, 5) is 2.52. The van der Waals surface area contributed by atoms with E-state index in [1.807, 2.05) is 0 Å². The molecule has 2 aromatic carbocycles. The highest BCUT2D eigenvalue weighted by atomic mass is 16.5. The van der Waals surface area contributed by atoms with Gasteiger partial charge in [0.2, 0.25) is 0 Å². The van der Waals surface area contributed by atoms with Gasteiger partial charge >= 0.3 is 0 Å². The van der Waals surface area contributed by atoms with Gasteiger partial charge in [-0.15, -0.1) is 0 Å². The predicted molar refractivity (Wildman–Crippen MR) is 101 cm³/mol. The highest BCUT2D eigenvalue weighted by Gasteiger charge is 2.46. The average molecular weight is 353 g/mol. The van der Waals surface area contributed by atoms with Crippen LogP contribution in [-0.4, -0.2) is 42.4 Å². The lowest BCUT2D eigenvalue weighted by molar-refractivity contribution is -0.149. The van der Waals surface area contributed by atoms with Crippen LogP contribution in [0, 0.1) is 0 Å². The van der Waals surface area contributed by atoms with Gasteiger partial charge in [0, 0.05) is 25.7 Å². The highest BCUT2D eigenvalue weighted by molar-refractivity contribution is 5.29. The first-order valence-corrected chi connectivity index (χ1v) is 9.36. The third-order valence-electron chi connectivity index (χ3n) is 5.72. The van der Waals surface area contributed by atoms with Gasteiger partial charge < -0.3 is 14.6 Å². The number of methoxy groups -OCH3 is 1. The number of rotatable bonds is 5. The van der Waals surface area contributed by atoms with E-state index in [-0.39, 0.29) is 12.1 Å². The van der Waals surface area contributed by atoms with Crippen LogP contribution < -0.4 is 0 Å². The van der Waals surface area contributed by atoms with Crippen LogP contribution in [0.3, 0.4) is 0 Å². The molecular formula is C22H27NO3. The molecule has 4 heteroatoms. The summed E-state index contributed by atoms with van der Waals surface area (Å²) in [5, 5.41) is 11.4. The molecule has 26 heavy (non-hydrogen) atoms. The van der Waals surface area contributed by atoms with Gasteiger partial charge in [0.25, 0.3) is 0 Å². The fraction of sp³-hybridized carbons (Fsp3) is 0.455. The lowest BCUT2D eigenvalue weighted by Gasteiger charge is -2.52. The average Bonchev–Trinajstić information content (AvgIpc) is 2.64. The Hall–Kier alpha value is -1.72. The lowest BCUT2D eigenvalue weighted by Crippen LogP contribution is -2.60. The minimum atomic E-state index is -0.780. The molecule has 2 aliphatic heterocycles. The smallest absolute Gasteiger partial charge is 0.0928 e. The first-order chi connectivity index (χ1) is 12.7. The molecule has 2 bridgehead atoms. The molecule has 0 spiro atoms. The molecule has 0 radical (unpaired) electrons. The van der Waals surface area contributed by atoms with Crippen molar-refractivity contribution < 1.29 is 14.6 Å². The van der Waals surface area contributed by atoms with Gasteiger partial charge in [0.05, 0.1) is 25.4 Å². The van der Waals surface area contributed by atoms with Crippen molar-refractivity contribution in [2.24, 2.45) is 0 Å². The standard InChI is InChI=1S/C22H27NO3/c1-25-14-18-7-9-19(10-8-18)22(24)11-20-15-26-16-21(12-22)23(20)13-17-5-3-2-4-6-17/h2-10,20-21,24H,11-16H2,1H3. The second-order valence-electron chi connectivity index (χ2n) is 7.57. The molecule has 2 saturated heterocycles. The molecule has 0 aromatic heterocycles. The summed E-state index contributed by atoms with van der Waals surface area (Å²) in [6.45, 7) is 2.89. The Bertz CT molecular complexity index is 702. The normalized spacial score (nSPS) is 28.8. The van der Waals surface area contributed by atoms with Crippen molar-refractivity contribution in [3.8, 4) is 0 Å². The number of piperidine rings is 1. The largest absolute Gasteiger partial charge is 0.385 e. The Morgan fingerprint density at radius 2 is 1.65 bits per heavy atom. The van der Waals surface area contributed by atoms with Crippen molar-refractivity contribution >= 4 is 0 Å². The van der Waals surface area contributed by atoms with Crippen LogP contribution in [0.1, 0.15) is 29.5 Å². The molecule has 0 amide bonds. The van der Waals surface area contributed by atoms with E-state index in [2.05, 4.69) is 59.5 Å². The second kappa shape index (κ2) is 7.49. The van der Waals surface area contributed by atoms with Gasteiger partial charge in [-0.2, -0.15) is 0 Å². The fourth-order valence-electron chi connectivity index (χ4n) is 4.41. The molecule has 2 fully saturated rings. The maximum Gasteiger partial charge on any atom is 0.0928 e. The molecule has 1 N–H and O–H groups in total. The second-order valence-corrected chi connectivity index (χ2v) is 7.57. The topological polar surface area (TPSA) is 41.9 Å². The first-order valence-electron chi connectivity index (χ1n) is 9.36. The van der Waals surface area contributed by atoms with E-state index in [4.69, 9.17) is 9.47 Å². The quantitative estimate of drug-likeness (QED) is 0.897. The molecule has 4 rings (SSSR count). The zero-order chi connectivity index (χ0) is 18.0. The summed E-state index contributed by atoms with van der Waals surface area (Å²) in [7, 11) is 1.70. The Labute approximate surface area is 155 Å². The number of benzene rings is 2. The van der Waals surface area contributed by atoms with Crippen molar-refractivity contribution in [2.75, 3.05) is 20.3 Å². The number of hydrogen-bond acceptors (Lipinski definition) is 4. The maximum absolute atomic E-state index is 11.4. The van der Waals surface area contributed by atoms with Crippen molar-refractivity contribution in [2.45, 2.75) is 43.7 Å². The van der Waals surface area contributed by atoms with Gasteiger partial charge in [0.1, 0.15) is 0 Å². The fourth-order valence-corrected chi connectivity index (χ4v) is 4.41. The van der Waals surface area contributed by atoms with Gasteiger partial charge in [-0.1, -0.05) is 54.6 Å². The highest BCUT2D eigenvalue weighted by Crippen LogP contribution is 2.41. The molecule has 2 aliphatic rings. The molecule has 2 aromatic rings. The zero-order valence-corrected chi connectivity index (χ0v) is 15.3. The lowest BCUT2D eigenvalue weighted by atomic mass is 9.76. The third-order valence-corrected chi connectivity index (χ3v) is 5.72. The summed E-state index contributed by atoms with van der Waals surface area (Å²) in [5.41, 5.74) is 2.68. The van der Waals surface area contributed by atoms with Crippen LogP contribution in [-0.2, 0) is 28.2 Å². The summed E-state index contributed by atoms with van der Waals surface area (Å²) in [6.07, 6.45) is 1.42. The third kappa shape index (κ3) is 3.55. The Morgan fingerprint density at radius 1 is 1.00 bits per heavy atom. The van der Waals surface area contributed by atoms with Crippen molar-refractivity contribution in [3.05, 3.63) is 71.3 Å². The van der Waals surface area contributed by atoms with Gasteiger partial charge in [0.15, 0.2) is 0 Å². The van der Waals surface area contributed by atoms with Crippen LogP contribution in [0.25, 0.3) is 0 Å². The summed E-state index contributed by atoms with van der Waals surface area (Å²) >= 11 is 0. The minimum absolute atomic E-state index is 0.242. The number of hydrogen-bond donors (Lipinski definition) is 1. The first kappa shape index (κ1) is 17.7. The van der Waals surface area contributed by atoms with E-state index < -0.39 is 5.60 Å². The molecule has 2 unspecified atom stereocenters. The number of aliphatic hydroxyl groups is 1. The number of fused-ring (bicyclic) bond motifs is 2. The van der Waals surface area contributed by atoms with E-state index in [0.717, 1.165) is 17.7 Å². The van der Waals surface area contributed by atoms with Gasteiger partial charge in [-0.05, 0) is 29.5 Å². The number of nitrogens with zero attached hydrogens (tertiary/aromatic N) is 1. The summed E-state index contributed by atoms with van der Waals surface area (Å²) < 4.78 is 11.0. The molecule has 4 nitrogen and oxygen atoms in total. The van der Waals surface area contributed by atoms with Crippen LogP contribution in [0.5, 0.6) is 0 Å². The Kier molecular flexibility index (Phi) is 5.09. The number of ether oxygens (including phenoxy) is 2. The Balaban J connectivity index is 1.53. The molecular weight excluding hydrogens is 326 g/mol. The Morgan fingerprint density at radius 3 is 2.27 bits per heavy atom. The summed E-state index contributed by atoms with van der Waals surface area (Å²) in [6, 6.07) is 19.3. The molecule has 2 heterocycles. The van der Waals surface area contributed by atoms with E-state index in [0.29, 0.717) is 32.7 Å². The van der Waals surface area contributed by atoms with Crippen LogP contribution >= 0.6 is 0 Å². The van der Waals surface area contributed by atoms with Gasteiger partial charge in [-0.3, -0.25) is 4.90 Å². The van der Waals surface area contributed by atoms with Crippen LogP contribution in [0.15, 0.2) is 54.6 Å². The van der Waals surface area contributed by atoms with Crippen molar-refractivity contribution in [1.82, 2.24) is 4.90 Å². The zero-order valence-electron chi connectivity index (χ0n) is 15.3. The number of morpholine rings is 1.